The Balaban J connectivity index is 1.87. The minimum absolute atomic E-state index is 0.0426. The normalized spacial score (nSPS) is 25.6. The van der Waals surface area contributed by atoms with Gasteiger partial charge in [0.1, 0.15) is 17.0 Å². The van der Waals surface area contributed by atoms with Gasteiger partial charge in [-0.3, -0.25) is 9.59 Å². The van der Waals surface area contributed by atoms with Crippen LogP contribution in [0.15, 0.2) is 36.4 Å². The smallest absolute Gasteiger partial charge is 0.240 e. The van der Waals surface area contributed by atoms with Crippen LogP contribution in [0.25, 0.3) is 0 Å². The predicted molar refractivity (Wildman–Crippen MR) is 151 cm³/mol. The Morgan fingerprint density at radius 3 is 2.42 bits per heavy atom. The van der Waals surface area contributed by atoms with E-state index < -0.39 is 35.1 Å². The second-order valence-corrected chi connectivity index (χ2v) is 13.0. The van der Waals surface area contributed by atoms with Crippen molar-refractivity contribution in [1.82, 2.24) is 10.2 Å². The number of halogens is 4. The van der Waals surface area contributed by atoms with Crippen molar-refractivity contribution in [2.75, 3.05) is 13.1 Å². The first kappa shape index (κ1) is 30.2. The third kappa shape index (κ3) is 5.83. The molecule has 10 heteroatoms. The van der Waals surface area contributed by atoms with E-state index in [-0.39, 0.29) is 50.7 Å². The molecule has 6 nitrogen and oxygen atoms in total. The Labute approximate surface area is 243 Å². The van der Waals surface area contributed by atoms with Gasteiger partial charge in [-0.25, -0.2) is 8.78 Å². The van der Waals surface area contributed by atoms with Crippen LogP contribution in [0.1, 0.15) is 63.5 Å². The van der Waals surface area contributed by atoms with Crippen molar-refractivity contribution >= 4 is 35.0 Å². The van der Waals surface area contributed by atoms with Gasteiger partial charge in [0.2, 0.25) is 11.8 Å². The van der Waals surface area contributed by atoms with Crippen LogP contribution in [0, 0.1) is 34.3 Å². The lowest BCUT2D eigenvalue weighted by Gasteiger charge is -2.38. The zero-order valence-electron chi connectivity index (χ0n) is 22.8. The molecule has 2 amide bonds. The van der Waals surface area contributed by atoms with Crippen LogP contribution in [-0.2, 0) is 15.0 Å². The molecule has 0 aromatic heterocycles. The van der Waals surface area contributed by atoms with E-state index in [9.17, 15) is 14.9 Å². The van der Waals surface area contributed by atoms with Gasteiger partial charge in [0.05, 0.1) is 17.1 Å². The molecule has 0 saturated carbocycles. The second kappa shape index (κ2) is 11.6. The maximum atomic E-state index is 15.8. The number of carbonyl (C=O) groups is 2. The lowest BCUT2D eigenvalue weighted by atomic mass is 9.62. The average Bonchev–Trinajstić information content (AvgIpc) is 3.18. The summed E-state index contributed by atoms with van der Waals surface area (Å²) in [6.07, 6.45) is 1.84. The number of hydrogen-bond acceptors (Lipinski definition) is 4. The molecule has 2 saturated heterocycles. The lowest BCUT2D eigenvalue weighted by Crippen LogP contribution is -2.50. The summed E-state index contributed by atoms with van der Waals surface area (Å²) in [5, 5.41) is 14.3. The topological polar surface area (TPSA) is 99.2 Å². The first-order valence-corrected chi connectivity index (χ1v) is 14.2. The molecule has 2 fully saturated rings. The summed E-state index contributed by atoms with van der Waals surface area (Å²) in [4.78, 5) is 27.3. The number of amides is 2. The summed E-state index contributed by atoms with van der Waals surface area (Å²) >= 11 is 12.3. The molecular formula is C30H34Cl2F2N4O2. The summed E-state index contributed by atoms with van der Waals surface area (Å²) in [7, 11) is 0. The molecule has 4 rings (SSSR count). The Bertz CT molecular complexity index is 1330. The third-order valence-corrected chi connectivity index (χ3v) is 8.66. The van der Waals surface area contributed by atoms with E-state index in [0.29, 0.717) is 32.4 Å². The van der Waals surface area contributed by atoms with Gasteiger partial charge in [-0.15, -0.1) is 0 Å². The van der Waals surface area contributed by atoms with E-state index in [1.54, 1.807) is 11.0 Å². The molecule has 2 aliphatic heterocycles. The van der Waals surface area contributed by atoms with E-state index in [0.717, 1.165) is 6.07 Å². The van der Waals surface area contributed by atoms with Crippen molar-refractivity contribution in [2.45, 2.75) is 69.9 Å². The first-order chi connectivity index (χ1) is 18.8. The average molecular weight is 592 g/mol. The van der Waals surface area contributed by atoms with Crippen molar-refractivity contribution in [3.05, 3.63) is 69.2 Å². The first-order valence-electron chi connectivity index (χ1n) is 13.4. The molecule has 0 aliphatic carbocycles. The number of nitrogens with one attached hydrogen (secondary N) is 1. The molecule has 0 radical (unpaired) electrons. The fourth-order valence-corrected chi connectivity index (χ4v) is 6.72. The van der Waals surface area contributed by atoms with Gasteiger partial charge < -0.3 is 16.0 Å². The lowest BCUT2D eigenvalue weighted by molar-refractivity contribution is -0.135. The molecule has 214 valence electrons. The monoisotopic (exact) mass is 590 g/mol. The zero-order chi connectivity index (χ0) is 29.4. The second-order valence-electron chi connectivity index (χ2n) is 12.1. The predicted octanol–water partition coefficient (Wildman–Crippen LogP) is 5.71. The van der Waals surface area contributed by atoms with E-state index in [1.807, 2.05) is 20.8 Å². The maximum absolute atomic E-state index is 15.8. The van der Waals surface area contributed by atoms with Crippen LogP contribution in [-0.4, -0.2) is 41.9 Å². The highest BCUT2D eigenvalue weighted by Gasteiger charge is 2.61. The van der Waals surface area contributed by atoms with Crippen molar-refractivity contribution < 1.29 is 18.4 Å². The minimum atomic E-state index is -1.67. The molecule has 3 N–H and O–H groups in total. The number of nitriles is 1. The molecule has 2 aliphatic rings. The summed E-state index contributed by atoms with van der Waals surface area (Å²) in [5.74, 6) is -3.17. The minimum Gasteiger partial charge on any atom is -0.370 e. The highest BCUT2D eigenvalue weighted by Crippen LogP contribution is 2.53. The van der Waals surface area contributed by atoms with E-state index in [4.69, 9.17) is 28.9 Å². The van der Waals surface area contributed by atoms with Crippen LogP contribution in [0.4, 0.5) is 8.78 Å². The van der Waals surface area contributed by atoms with Crippen LogP contribution in [0.5, 0.6) is 0 Å². The molecule has 0 bridgehead atoms. The summed E-state index contributed by atoms with van der Waals surface area (Å²) in [5.41, 5.74) is 3.48. The Kier molecular flexibility index (Phi) is 8.79. The number of benzene rings is 2. The van der Waals surface area contributed by atoms with Gasteiger partial charge in [-0.1, -0.05) is 62.2 Å². The fourth-order valence-electron chi connectivity index (χ4n) is 6.38. The highest BCUT2D eigenvalue weighted by molar-refractivity contribution is 6.31. The van der Waals surface area contributed by atoms with E-state index >= 15 is 8.78 Å². The Morgan fingerprint density at radius 1 is 1.18 bits per heavy atom. The SMILES string of the molecule is CC(C)(C)CC1N[C@@H](C(=O)N2CCC(CC(N)=O)CC2)C(c2cccc(Cl)c2F)[C@@]1(C#N)c1ccc(Cl)cc1F. The molecule has 0 spiro atoms. The quantitative estimate of drug-likeness (QED) is 0.450. The van der Waals surface area contributed by atoms with Crippen molar-refractivity contribution in [3.8, 4) is 6.07 Å². The Morgan fingerprint density at radius 2 is 1.85 bits per heavy atom. The van der Waals surface area contributed by atoms with Crippen molar-refractivity contribution in [1.29, 1.82) is 5.26 Å². The van der Waals surface area contributed by atoms with Crippen LogP contribution < -0.4 is 11.1 Å². The van der Waals surface area contributed by atoms with Crippen LogP contribution in [0.3, 0.4) is 0 Å². The molecule has 2 unspecified atom stereocenters. The Hall–Kier alpha value is -2.73. The van der Waals surface area contributed by atoms with Gasteiger partial charge in [0.25, 0.3) is 0 Å². The van der Waals surface area contributed by atoms with Crippen LogP contribution in [0.2, 0.25) is 10.0 Å². The van der Waals surface area contributed by atoms with Crippen molar-refractivity contribution in [2.24, 2.45) is 17.1 Å². The van der Waals surface area contributed by atoms with Gasteiger partial charge in [-0.2, -0.15) is 5.26 Å². The van der Waals surface area contributed by atoms with Gasteiger partial charge >= 0.3 is 0 Å². The summed E-state index contributed by atoms with van der Waals surface area (Å²) in [6.45, 7) is 6.74. The van der Waals surface area contributed by atoms with Crippen LogP contribution >= 0.6 is 23.2 Å². The molecule has 2 aromatic rings. The van der Waals surface area contributed by atoms with E-state index in [1.165, 1.54) is 24.3 Å². The standard InChI is InChI=1S/C30H34Cl2F2N4O2/c1-29(2,3)15-23-30(16-35,20-8-7-18(31)14-22(20)33)25(19-5-4-6-21(32)26(19)34)27(37-23)28(40)38-11-9-17(10-12-38)13-24(36)39/h4-8,14,17,23,25,27,37H,9-13,15H2,1-3H3,(H2,36,39)/t23?,25?,27-,30+/m1/s1. The number of nitrogens with zero attached hydrogens (tertiary/aromatic N) is 2. The molecule has 4 atom stereocenters. The number of nitrogens with two attached hydrogens (primary N) is 1. The molecule has 40 heavy (non-hydrogen) atoms. The number of likely N-dealkylation sites (tertiary alicyclic amines) is 1. The van der Waals surface area contributed by atoms with Gasteiger partial charge in [-0.05, 0) is 54.4 Å². The number of rotatable bonds is 6. The maximum Gasteiger partial charge on any atom is 0.240 e. The number of hydrogen-bond donors (Lipinski definition) is 2. The largest absolute Gasteiger partial charge is 0.370 e. The molecule has 2 heterocycles. The number of carbonyl (C=O) groups excluding carboxylic acids is 2. The number of primary amides is 1. The van der Waals surface area contributed by atoms with E-state index in [2.05, 4.69) is 11.4 Å². The zero-order valence-corrected chi connectivity index (χ0v) is 24.3. The fraction of sp³-hybridized carbons (Fsp3) is 0.500. The highest BCUT2D eigenvalue weighted by atomic mass is 35.5. The van der Waals surface area contributed by atoms with Gasteiger partial charge in [0, 0.05) is 42.1 Å². The molecular weight excluding hydrogens is 557 g/mol. The molecule has 2 aromatic carbocycles. The summed E-state index contributed by atoms with van der Waals surface area (Å²) < 4.78 is 31.5. The summed E-state index contributed by atoms with van der Waals surface area (Å²) in [6, 6.07) is 9.16. The van der Waals surface area contributed by atoms with Gasteiger partial charge in [0.15, 0.2) is 0 Å². The van der Waals surface area contributed by atoms with Crippen molar-refractivity contribution in [3.63, 3.8) is 0 Å². The number of piperidine rings is 1. The third-order valence-electron chi connectivity index (χ3n) is 8.13.